The monoisotopic (exact) mass is 173 g/mol. The zero-order valence-electron chi connectivity index (χ0n) is 7.62. The van der Waals surface area contributed by atoms with Crippen molar-refractivity contribution in [3.05, 3.63) is 43.0 Å². The molecule has 1 heterocycles. The minimum atomic E-state index is 0.986. The molecule has 1 aliphatic carbocycles. The Bertz CT molecular complexity index is 348. The summed E-state index contributed by atoms with van der Waals surface area (Å²) in [6, 6.07) is 8.25. The molecule has 0 bridgehead atoms. The van der Waals surface area contributed by atoms with Gasteiger partial charge in [0.25, 0.3) is 0 Å². The first kappa shape index (κ1) is 8.36. The van der Waals surface area contributed by atoms with Crippen LogP contribution in [0.15, 0.2) is 34.9 Å². The van der Waals surface area contributed by atoms with Gasteiger partial charge in [-0.05, 0) is 30.5 Å². The summed E-state index contributed by atoms with van der Waals surface area (Å²) in [7, 11) is 0. The zero-order valence-corrected chi connectivity index (χ0v) is 7.62. The summed E-state index contributed by atoms with van der Waals surface area (Å²) in [6.07, 6.45) is 4.92. The standard InChI is InChI=1S/C12H13O/c1-2-3-5-10-7-8-11-6-4-9-13-12(10)11/h4,6-9H,1-3,5H2. The van der Waals surface area contributed by atoms with Gasteiger partial charge >= 0.3 is 0 Å². The van der Waals surface area contributed by atoms with Crippen LogP contribution < -0.4 is 0 Å². The summed E-state index contributed by atoms with van der Waals surface area (Å²) in [5, 5.41) is 0. The van der Waals surface area contributed by atoms with Crippen LogP contribution in [0.1, 0.15) is 18.4 Å². The number of unbranched alkanes of at least 4 members (excludes halogenated alkanes) is 1. The topological polar surface area (TPSA) is 13.1 Å². The normalized spacial score (nSPS) is 10.8. The molecule has 2 aliphatic rings. The predicted octanol–water partition coefficient (Wildman–Crippen LogP) is 3.54. The van der Waals surface area contributed by atoms with Gasteiger partial charge in [-0.25, -0.2) is 0 Å². The van der Waals surface area contributed by atoms with E-state index in [1.165, 1.54) is 11.1 Å². The first-order valence-electron chi connectivity index (χ1n) is 4.66. The van der Waals surface area contributed by atoms with Crippen LogP contribution >= 0.6 is 0 Å². The highest BCUT2D eigenvalue weighted by molar-refractivity contribution is 5.64. The van der Waals surface area contributed by atoms with Gasteiger partial charge in [0.1, 0.15) is 5.76 Å². The van der Waals surface area contributed by atoms with Crippen molar-refractivity contribution in [1.29, 1.82) is 0 Å². The van der Waals surface area contributed by atoms with Gasteiger partial charge in [-0.15, -0.1) is 0 Å². The highest BCUT2D eigenvalue weighted by Crippen LogP contribution is 2.28. The minimum Gasteiger partial charge on any atom is -0.464 e. The fraction of sp³-hybridized carbons (Fsp3) is 0.250. The van der Waals surface area contributed by atoms with Crippen LogP contribution in [0.4, 0.5) is 0 Å². The molecule has 0 saturated heterocycles. The number of hydrogen-bond acceptors (Lipinski definition) is 1. The number of fused-ring (bicyclic) bond motifs is 1. The predicted molar refractivity (Wildman–Crippen MR) is 53.6 cm³/mol. The van der Waals surface area contributed by atoms with Gasteiger partial charge in [0.2, 0.25) is 0 Å². The Balaban J connectivity index is 2.27. The lowest BCUT2D eigenvalue weighted by molar-refractivity contribution is 0.560. The Morgan fingerprint density at radius 3 is 3.00 bits per heavy atom. The molecule has 2 rings (SSSR count). The van der Waals surface area contributed by atoms with Crippen molar-refractivity contribution in [2.24, 2.45) is 0 Å². The summed E-state index contributed by atoms with van der Waals surface area (Å²) in [4.78, 5) is 0. The van der Waals surface area contributed by atoms with Gasteiger partial charge in [-0.3, -0.25) is 0 Å². The fourth-order valence-corrected chi connectivity index (χ4v) is 1.56. The van der Waals surface area contributed by atoms with Gasteiger partial charge in [0.05, 0.1) is 6.26 Å². The second kappa shape index (κ2) is 3.65. The van der Waals surface area contributed by atoms with Crippen molar-refractivity contribution < 1.29 is 4.42 Å². The summed E-state index contributed by atoms with van der Waals surface area (Å²) in [6.45, 7) is 3.83. The summed E-state index contributed by atoms with van der Waals surface area (Å²) in [5.74, 6) is 1.04. The van der Waals surface area contributed by atoms with Crippen molar-refractivity contribution in [1.82, 2.24) is 0 Å². The maximum atomic E-state index is 5.46. The number of aryl methyl sites for hydroxylation is 1. The van der Waals surface area contributed by atoms with Crippen molar-refractivity contribution in [2.45, 2.75) is 19.3 Å². The Hall–Kier alpha value is -1.24. The molecule has 0 fully saturated rings. The molecule has 1 nitrogen and oxygen atoms in total. The molecular formula is C12H13O. The molecule has 0 atom stereocenters. The van der Waals surface area contributed by atoms with Crippen LogP contribution in [0.2, 0.25) is 0 Å². The fourth-order valence-electron chi connectivity index (χ4n) is 1.56. The average molecular weight is 173 g/mol. The summed E-state index contributed by atoms with van der Waals surface area (Å²) < 4.78 is 5.46. The molecular weight excluding hydrogens is 160 g/mol. The molecule has 0 saturated carbocycles. The van der Waals surface area contributed by atoms with E-state index in [1.54, 1.807) is 6.26 Å². The second-order valence-corrected chi connectivity index (χ2v) is 3.21. The second-order valence-electron chi connectivity index (χ2n) is 3.21. The highest BCUT2D eigenvalue weighted by Gasteiger charge is 2.09. The van der Waals surface area contributed by atoms with E-state index < -0.39 is 0 Å². The van der Waals surface area contributed by atoms with Crippen LogP contribution in [-0.4, -0.2) is 0 Å². The number of hydrogen-bond donors (Lipinski definition) is 0. The van der Waals surface area contributed by atoms with E-state index in [4.69, 9.17) is 4.42 Å². The van der Waals surface area contributed by atoms with Crippen LogP contribution in [0, 0.1) is 6.92 Å². The first-order valence-corrected chi connectivity index (χ1v) is 4.66. The molecule has 0 amide bonds. The largest absolute Gasteiger partial charge is 0.464 e. The third-order valence-electron chi connectivity index (χ3n) is 2.25. The molecule has 1 radical (unpaired) electrons. The Morgan fingerprint density at radius 1 is 1.23 bits per heavy atom. The molecule has 0 unspecified atom stereocenters. The van der Waals surface area contributed by atoms with E-state index in [0.717, 1.165) is 25.0 Å². The van der Waals surface area contributed by atoms with Crippen LogP contribution in [0.25, 0.3) is 11.3 Å². The van der Waals surface area contributed by atoms with E-state index >= 15 is 0 Å². The molecule has 67 valence electrons. The summed E-state index contributed by atoms with van der Waals surface area (Å²) >= 11 is 0. The quantitative estimate of drug-likeness (QED) is 0.691. The van der Waals surface area contributed by atoms with Crippen molar-refractivity contribution >= 4 is 0 Å². The van der Waals surface area contributed by atoms with E-state index in [1.807, 2.05) is 6.07 Å². The van der Waals surface area contributed by atoms with Crippen molar-refractivity contribution in [3.8, 4) is 11.3 Å². The molecule has 13 heavy (non-hydrogen) atoms. The van der Waals surface area contributed by atoms with Gasteiger partial charge in [-0.1, -0.05) is 25.5 Å². The Kier molecular flexibility index (Phi) is 2.35. The zero-order chi connectivity index (χ0) is 9.10. The van der Waals surface area contributed by atoms with Crippen LogP contribution in [-0.2, 0) is 6.42 Å². The van der Waals surface area contributed by atoms with E-state index in [9.17, 15) is 0 Å². The lowest BCUT2D eigenvalue weighted by Gasteiger charge is -2.00. The van der Waals surface area contributed by atoms with Crippen LogP contribution in [0.5, 0.6) is 0 Å². The van der Waals surface area contributed by atoms with Crippen LogP contribution in [0.3, 0.4) is 0 Å². The van der Waals surface area contributed by atoms with Crippen molar-refractivity contribution in [3.63, 3.8) is 0 Å². The first-order chi connectivity index (χ1) is 6.42. The summed E-state index contributed by atoms with van der Waals surface area (Å²) in [5.41, 5.74) is 2.50. The van der Waals surface area contributed by atoms with E-state index in [-0.39, 0.29) is 0 Å². The smallest absolute Gasteiger partial charge is 0.136 e. The molecule has 0 spiro atoms. The number of rotatable bonds is 3. The van der Waals surface area contributed by atoms with Gasteiger partial charge in [0.15, 0.2) is 0 Å². The minimum absolute atomic E-state index is 0.986. The maximum absolute atomic E-state index is 5.46. The van der Waals surface area contributed by atoms with E-state index in [0.29, 0.717) is 0 Å². The third kappa shape index (κ3) is 1.59. The van der Waals surface area contributed by atoms with Gasteiger partial charge < -0.3 is 4.42 Å². The molecule has 1 aliphatic heterocycles. The van der Waals surface area contributed by atoms with E-state index in [2.05, 4.69) is 25.1 Å². The SMILES string of the molecule is [CH2]CCCc1ccc2cccoc1-2. The van der Waals surface area contributed by atoms with Gasteiger partial charge in [-0.2, -0.15) is 0 Å². The molecule has 0 N–H and O–H groups in total. The molecule has 0 aromatic rings. The lowest BCUT2D eigenvalue weighted by Crippen LogP contribution is -1.83. The molecule has 0 aromatic carbocycles. The Labute approximate surface area is 78.7 Å². The average Bonchev–Trinajstić information content (AvgIpc) is 2.58. The Morgan fingerprint density at radius 2 is 2.15 bits per heavy atom. The van der Waals surface area contributed by atoms with Gasteiger partial charge in [0, 0.05) is 5.56 Å². The maximum Gasteiger partial charge on any atom is 0.136 e. The third-order valence-corrected chi connectivity index (χ3v) is 2.25. The highest BCUT2D eigenvalue weighted by atomic mass is 16.3. The molecule has 1 heteroatoms. The lowest BCUT2D eigenvalue weighted by atomic mass is 10.1. The molecule has 0 aromatic heterocycles. The van der Waals surface area contributed by atoms with Crippen molar-refractivity contribution in [2.75, 3.05) is 0 Å².